The molecule has 4 aromatic rings. The molecule has 4 aromatic carbocycles. The molecule has 2 atom stereocenters. The lowest BCUT2D eigenvalue weighted by molar-refractivity contribution is -0.527. The molecular formula is C30H18F6O4. The first-order valence-electron chi connectivity index (χ1n) is 11.8. The van der Waals surface area contributed by atoms with E-state index in [1.807, 2.05) is 0 Å². The summed E-state index contributed by atoms with van der Waals surface area (Å²) in [4.78, 5) is 25.0. The van der Waals surface area contributed by atoms with Crippen LogP contribution in [0, 0.1) is 0 Å². The van der Waals surface area contributed by atoms with Crippen LogP contribution >= 0.6 is 0 Å². The molecule has 1 aliphatic carbocycles. The maximum atomic E-state index is 15.5. The number of rotatable bonds is 8. The van der Waals surface area contributed by atoms with Crippen molar-refractivity contribution in [3.05, 3.63) is 131 Å². The molecule has 1 fully saturated rings. The first-order chi connectivity index (χ1) is 18.9. The third-order valence-corrected chi connectivity index (χ3v) is 6.44. The van der Waals surface area contributed by atoms with Crippen LogP contribution in [0.25, 0.3) is 0 Å². The van der Waals surface area contributed by atoms with E-state index in [4.69, 9.17) is 0 Å². The Morgan fingerprint density at radius 2 is 0.700 bits per heavy atom. The molecule has 0 saturated heterocycles. The van der Waals surface area contributed by atoms with E-state index in [-0.39, 0.29) is 11.1 Å². The van der Waals surface area contributed by atoms with E-state index in [1.165, 1.54) is 24.3 Å². The maximum absolute atomic E-state index is 15.5. The number of carbonyl (C=O) groups excluding carboxylic acids is 2. The summed E-state index contributed by atoms with van der Waals surface area (Å²) in [6.45, 7) is 0. The standard InChI is InChI=1S/C30H18F6O4/c31-27(32)28(33,34)30(36,40-24-17-13-22(14-18-24)26(38)20-9-5-2-6-10-20)29(27,35)39-23-15-11-21(12-16-23)25(37)19-7-3-1-4-8-19/h1-18H. The molecule has 40 heavy (non-hydrogen) atoms. The van der Waals surface area contributed by atoms with Crippen LogP contribution in [-0.2, 0) is 0 Å². The van der Waals surface area contributed by atoms with Crippen LogP contribution in [0.1, 0.15) is 31.8 Å². The summed E-state index contributed by atoms with van der Waals surface area (Å²) in [5, 5.41) is 0. The third kappa shape index (κ3) is 4.02. The van der Waals surface area contributed by atoms with Gasteiger partial charge in [0.15, 0.2) is 11.6 Å². The number of alkyl halides is 6. The van der Waals surface area contributed by atoms with Crippen molar-refractivity contribution < 1.29 is 45.4 Å². The molecule has 204 valence electrons. The highest BCUT2D eigenvalue weighted by molar-refractivity contribution is 6.09. The summed E-state index contributed by atoms with van der Waals surface area (Å²) in [6, 6.07) is 23.8. The van der Waals surface area contributed by atoms with E-state index >= 15 is 8.78 Å². The lowest BCUT2D eigenvalue weighted by atomic mass is 9.76. The van der Waals surface area contributed by atoms with Crippen LogP contribution in [0.4, 0.5) is 26.3 Å². The van der Waals surface area contributed by atoms with Crippen molar-refractivity contribution in [1.82, 2.24) is 0 Å². The Balaban J connectivity index is 1.38. The second-order valence-electron chi connectivity index (χ2n) is 8.98. The second kappa shape index (κ2) is 9.55. The van der Waals surface area contributed by atoms with Gasteiger partial charge in [0.25, 0.3) is 0 Å². The molecule has 1 saturated carbocycles. The first-order valence-corrected chi connectivity index (χ1v) is 11.8. The zero-order valence-electron chi connectivity index (χ0n) is 20.3. The highest BCUT2D eigenvalue weighted by atomic mass is 19.3. The van der Waals surface area contributed by atoms with E-state index in [2.05, 4.69) is 9.47 Å². The van der Waals surface area contributed by atoms with Crippen LogP contribution in [-0.4, -0.2) is 35.1 Å². The van der Waals surface area contributed by atoms with Crippen molar-refractivity contribution in [3.8, 4) is 11.5 Å². The molecule has 5 rings (SSSR count). The van der Waals surface area contributed by atoms with Crippen molar-refractivity contribution >= 4 is 11.6 Å². The van der Waals surface area contributed by atoms with Gasteiger partial charge in [0, 0.05) is 22.3 Å². The quantitative estimate of drug-likeness (QED) is 0.170. The molecule has 0 aromatic heterocycles. The highest BCUT2D eigenvalue weighted by Gasteiger charge is 3.03. The predicted molar refractivity (Wildman–Crippen MR) is 131 cm³/mol. The Hall–Kier alpha value is -4.60. The molecule has 1 aliphatic rings. The first kappa shape index (κ1) is 27.0. The van der Waals surface area contributed by atoms with E-state index in [1.54, 1.807) is 36.4 Å². The van der Waals surface area contributed by atoms with Crippen molar-refractivity contribution in [2.75, 3.05) is 0 Å². The molecule has 0 heterocycles. The molecular weight excluding hydrogens is 538 g/mol. The van der Waals surface area contributed by atoms with Crippen LogP contribution < -0.4 is 9.47 Å². The molecule has 0 aliphatic heterocycles. The lowest BCUT2D eigenvalue weighted by Crippen LogP contribution is -2.89. The van der Waals surface area contributed by atoms with Gasteiger partial charge in [-0.25, -0.2) is 0 Å². The third-order valence-electron chi connectivity index (χ3n) is 6.44. The Kier molecular flexibility index (Phi) is 6.44. The summed E-state index contributed by atoms with van der Waals surface area (Å²) in [5.74, 6) is -23.6. The fourth-order valence-corrected chi connectivity index (χ4v) is 4.19. The molecule has 10 heteroatoms. The zero-order valence-corrected chi connectivity index (χ0v) is 20.3. The van der Waals surface area contributed by atoms with Gasteiger partial charge in [-0.05, 0) is 48.5 Å². The summed E-state index contributed by atoms with van der Waals surface area (Å²) >= 11 is 0. The summed E-state index contributed by atoms with van der Waals surface area (Å²) < 4.78 is 97.4. The smallest absolute Gasteiger partial charge is 0.395 e. The minimum atomic E-state index is -5.63. The minimum Gasteiger partial charge on any atom is -0.447 e. The largest absolute Gasteiger partial charge is 0.447 e. The average Bonchev–Trinajstić information content (AvgIpc) is 2.97. The molecule has 0 bridgehead atoms. The fraction of sp³-hybridized carbons (Fsp3) is 0.133. The van der Waals surface area contributed by atoms with Gasteiger partial charge < -0.3 is 9.47 Å². The monoisotopic (exact) mass is 556 g/mol. The lowest BCUT2D eigenvalue weighted by Gasteiger charge is -2.55. The van der Waals surface area contributed by atoms with Crippen molar-refractivity contribution in [2.45, 2.75) is 23.6 Å². The number of hydrogen-bond acceptors (Lipinski definition) is 4. The number of ether oxygens (including phenoxy) is 2. The highest BCUT2D eigenvalue weighted by Crippen LogP contribution is 2.68. The average molecular weight is 556 g/mol. The molecule has 0 N–H and O–H groups in total. The van der Waals surface area contributed by atoms with Crippen molar-refractivity contribution in [3.63, 3.8) is 0 Å². The SMILES string of the molecule is O=C(c1ccccc1)c1ccc(OC2(F)C(F)(F)C(F)(F)C2(F)Oc2ccc(C(=O)c3ccccc3)cc2)cc1. The number of benzene rings is 4. The topological polar surface area (TPSA) is 52.6 Å². The van der Waals surface area contributed by atoms with Gasteiger partial charge in [0.1, 0.15) is 11.5 Å². The Morgan fingerprint density at radius 3 is 1.00 bits per heavy atom. The van der Waals surface area contributed by atoms with Crippen molar-refractivity contribution in [1.29, 1.82) is 0 Å². The van der Waals surface area contributed by atoms with Crippen LogP contribution in [0.2, 0.25) is 0 Å². The van der Waals surface area contributed by atoms with Crippen LogP contribution in [0.5, 0.6) is 11.5 Å². The number of carbonyl (C=O) groups is 2. The van der Waals surface area contributed by atoms with E-state index in [9.17, 15) is 27.2 Å². The molecule has 4 nitrogen and oxygen atoms in total. The fourth-order valence-electron chi connectivity index (χ4n) is 4.19. The van der Waals surface area contributed by atoms with Gasteiger partial charge in [-0.2, -0.15) is 26.3 Å². The van der Waals surface area contributed by atoms with E-state index in [0.29, 0.717) is 11.1 Å². The molecule has 2 unspecified atom stereocenters. The number of hydrogen-bond donors (Lipinski definition) is 0. The zero-order chi connectivity index (χ0) is 28.8. The predicted octanol–water partition coefficient (Wildman–Crippen LogP) is 7.22. The molecule has 0 spiro atoms. The second-order valence-corrected chi connectivity index (χ2v) is 8.98. The van der Waals surface area contributed by atoms with Crippen LogP contribution in [0.15, 0.2) is 109 Å². The summed E-state index contributed by atoms with van der Waals surface area (Å²) in [6.07, 6.45) is 0. The number of ketones is 2. The summed E-state index contributed by atoms with van der Waals surface area (Å²) in [5.41, 5.74) is 0.724. The maximum Gasteiger partial charge on any atom is 0.395 e. The van der Waals surface area contributed by atoms with E-state index < -0.39 is 46.6 Å². The Bertz CT molecular complexity index is 1420. The van der Waals surface area contributed by atoms with Gasteiger partial charge >= 0.3 is 23.6 Å². The van der Waals surface area contributed by atoms with E-state index in [0.717, 1.165) is 48.5 Å². The minimum absolute atomic E-state index is 0.0602. The van der Waals surface area contributed by atoms with Gasteiger partial charge in [-0.3, -0.25) is 9.59 Å². The Labute approximate surface area is 223 Å². The normalized spacial score (nSPS) is 22.6. The molecule has 0 amide bonds. The number of halogens is 6. The van der Waals surface area contributed by atoms with Gasteiger partial charge in [0.2, 0.25) is 0 Å². The summed E-state index contributed by atoms with van der Waals surface area (Å²) in [7, 11) is 0. The Morgan fingerprint density at radius 1 is 0.425 bits per heavy atom. The van der Waals surface area contributed by atoms with Gasteiger partial charge in [-0.15, -0.1) is 0 Å². The van der Waals surface area contributed by atoms with Crippen LogP contribution in [0.3, 0.4) is 0 Å². The van der Waals surface area contributed by atoms with Crippen molar-refractivity contribution in [2.24, 2.45) is 0 Å². The molecule has 0 radical (unpaired) electrons. The van der Waals surface area contributed by atoms with Gasteiger partial charge in [-0.1, -0.05) is 60.7 Å². The van der Waals surface area contributed by atoms with Gasteiger partial charge in [0.05, 0.1) is 0 Å².